The van der Waals surface area contributed by atoms with Crippen molar-refractivity contribution in [2.45, 2.75) is 18.9 Å². The van der Waals surface area contributed by atoms with Gasteiger partial charge in [0.25, 0.3) is 11.2 Å². The van der Waals surface area contributed by atoms with Crippen molar-refractivity contribution in [2.75, 3.05) is 7.11 Å². The predicted molar refractivity (Wildman–Crippen MR) is 162 cm³/mol. The van der Waals surface area contributed by atoms with E-state index in [1.165, 1.54) is 23.0 Å². The van der Waals surface area contributed by atoms with Crippen molar-refractivity contribution in [3.8, 4) is 17.1 Å². The highest BCUT2D eigenvalue weighted by Crippen LogP contribution is 2.41. The minimum atomic E-state index is -0.499. The Bertz CT molecular complexity index is 2110. The van der Waals surface area contributed by atoms with Crippen molar-refractivity contribution in [1.82, 2.24) is 4.57 Å². The Morgan fingerprint density at radius 1 is 1.07 bits per heavy atom. The van der Waals surface area contributed by atoms with Crippen LogP contribution >= 0.6 is 22.9 Å². The molecule has 0 bridgehead atoms. The summed E-state index contributed by atoms with van der Waals surface area (Å²) in [5.41, 5.74) is 5.29. The van der Waals surface area contributed by atoms with Crippen molar-refractivity contribution in [2.24, 2.45) is 4.99 Å². The molecular formula is C32H22ClN3O5S. The summed E-state index contributed by atoms with van der Waals surface area (Å²) in [6.45, 7) is 0. The zero-order valence-corrected chi connectivity index (χ0v) is 23.8. The van der Waals surface area contributed by atoms with E-state index in [4.69, 9.17) is 25.7 Å². The van der Waals surface area contributed by atoms with Crippen LogP contribution in [0.15, 0.2) is 98.6 Å². The molecular weight excluding hydrogens is 574 g/mol. The van der Waals surface area contributed by atoms with Crippen molar-refractivity contribution in [1.29, 1.82) is 0 Å². The van der Waals surface area contributed by atoms with Crippen LogP contribution in [0.5, 0.6) is 5.75 Å². The van der Waals surface area contributed by atoms with E-state index in [-0.39, 0.29) is 22.3 Å². The summed E-state index contributed by atoms with van der Waals surface area (Å²) in [5, 5.41) is 11.9. The molecule has 7 rings (SSSR count). The third kappa shape index (κ3) is 4.38. The number of hydrogen-bond acceptors (Lipinski definition) is 7. The molecule has 0 radical (unpaired) electrons. The maximum Gasteiger partial charge on any atom is 0.281 e. The molecule has 0 N–H and O–H groups in total. The number of allylic oxidation sites excluding steroid dienone is 1. The van der Waals surface area contributed by atoms with Gasteiger partial charge in [-0.3, -0.25) is 19.5 Å². The minimum absolute atomic E-state index is 0.159. The third-order valence-corrected chi connectivity index (χ3v) is 8.84. The Hall–Kier alpha value is -4.73. The average Bonchev–Trinajstić information content (AvgIpc) is 3.60. The summed E-state index contributed by atoms with van der Waals surface area (Å²) >= 11 is 7.27. The van der Waals surface area contributed by atoms with Crippen LogP contribution in [-0.4, -0.2) is 16.6 Å². The molecule has 0 fully saturated rings. The van der Waals surface area contributed by atoms with E-state index in [0.717, 1.165) is 41.0 Å². The number of methoxy groups -OCH3 is 1. The fourth-order valence-electron chi connectivity index (χ4n) is 5.68. The Morgan fingerprint density at radius 2 is 1.88 bits per heavy atom. The van der Waals surface area contributed by atoms with E-state index in [9.17, 15) is 14.9 Å². The first-order valence-corrected chi connectivity index (χ1v) is 14.4. The second kappa shape index (κ2) is 10.3. The zero-order valence-electron chi connectivity index (χ0n) is 22.2. The number of nitro benzene ring substituents is 1. The van der Waals surface area contributed by atoms with Crippen LogP contribution in [0, 0.1) is 10.1 Å². The van der Waals surface area contributed by atoms with E-state index in [1.807, 2.05) is 36.4 Å². The number of ether oxygens (including phenoxy) is 1. The molecule has 2 aliphatic rings. The van der Waals surface area contributed by atoms with Gasteiger partial charge in [0.05, 0.1) is 33.9 Å². The lowest BCUT2D eigenvalue weighted by atomic mass is 9.83. The van der Waals surface area contributed by atoms with E-state index < -0.39 is 4.92 Å². The Balaban J connectivity index is 1.38. The van der Waals surface area contributed by atoms with Crippen LogP contribution in [-0.2, 0) is 6.42 Å². The van der Waals surface area contributed by atoms with E-state index >= 15 is 0 Å². The number of thiazole rings is 1. The number of nitrogens with zero attached hydrogens (tertiary/aromatic N) is 3. The standard InChI is InChI=1S/C32H22ClN3O5S/c1-40-21-10-6-19(7-11-21)30-25-13-8-18-4-2-3-5-23(18)29(25)34-32-35(30)31(37)28(42-32)17-22-12-15-27(41-22)24-14-9-20(33)16-26(24)36(38)39/h2-7,9-12,14-17,30H,8,13H2,1H3/b28-17+/t30-/m1/s1. The molecule has 0 unspecified atom stereocenters. The molecule has 0 saturated heterocycles. The van der Waals surface area contributed by atoms with Crippen molar-refractivity contribution >= 4 is 40.4 Å². The molecule has 1 aliphatic heterocycles. The number of furan rings is 1. The summed E-state index contributed by atoms with van der Waals surface area (Å²) in [4.78, 5) is 30.7. The SMILES string of the molecule is COc1ccc([C@@H]2C3=C(N=c4s/c(=C/c5ccc(-c6ccc(Cl)cc6[N+](=O)[O-])o5)c(=O)n42)c2ccccc2CC3)cc1. The molecule has 2 aromatic heterocycles. The molecule has 0 amide bonds. The van der Waals surface area contributed by atoms with Gasteiger partial charge in [-0.2, -0.15) is 0 Å². The van der Waals surface area contributed by atoms with Gasteiger partial charge < -0.3 is 9.15 Å². The second-order valence-electron chi connectivity index (χ2n) is 10.0. The average molecular weight is 596 g/mol. The molecule has 5 aromatic rings. The first-order chi connectivity index (χ1) is 20.4. The van der Waals surface area contributed by atoms with Crippen LogP contribution in [0.4, 0.5) is 5.69 Å². The number of halogens is 1. The van der Waals surface area contributed by atoms with Crippen molar-refractivity contribution in [3.63, 3.8) is 0 Å². The van der Waals surface area contributed by atoms with Gasteiger partial charge in [0.15, 0.2) is 4.80 Å². The van der Waals surface area contributed by atoms with Gasteiger partial charge in [-0.25, -0.2) is 4.99 Å². The summed E-state index contributed by atoms with van der Waals surface area (Å²) in [6.07, 6.45) is 3.32. The van der Waals surface area contributed by atoms with Crippen LogP contribution in [0.3, 0.4) is 0 Å². The quantitative estimate of drug-likeness (QED) is 0.179. The Labute approximate surface area is 248 Å². The van der Waals surface area contributed by atoms with Gasteiger partial charge in [0.2, 0.25) is 0 Å². The number of hydrogen-bond donors (Lipinski definition) is 0. The predicted octanol–water partition coefficient (Wildman–Crippen LogP) is 6.15. The number of benzene rings is 3. The first kappa shape index (κ1) is 26.2. The lowest BCUT2D eigenvalue weighted by Crippen LogP contribution is -2.38. The highest BCUT2D eigenvalue weighted by Gasteiger charge is 2.32. The Kier molecular flexibility index (Phi) is 6.41. The van der Waals surface area contributed by atoms with Crippen molar-refractivity contribution < 1.29 is 14.1 Å². The Morgan fingerprint density at radius 3 is 2.67 bits per heavy atom. The highest BCUT2D eigenvalue weighted by molar-refractivity contribution is 7.07. The summed E-state index contributed by atoms with van der Waals surface area (Å²) in [7, 11) is 1.63. The van der Waals surface area contributed by atoms with Gasteiger partial charge in [-0.1, -0.05) is 59.3 Å². The number of fused-ring (bicyclic) bond motifs is 3. The van der Waals surface area contributed by atoms with Gasteiger partial charge in [-0.15, -0.1) is 0 Å². The maximum absolute atomic E-state index is 14.0. The molecule has 208 valence electrons. The lowest BCUT2D eigenvalue weighted by molar-refractivity contribution is -0.384. The van der Waals surface area contributed by atoms with Crippen LogP contribution in [0.2, 0.25) is 5.02 Å². The zero-order chi connectivity index (χ0) is 29.0. The topological polar surface area (TPSA) is 99.9 Å². The molecule has 8 nitrogen and oxygen atoms in total. The number of nitro groups is 1. The molecule has 0 saturated carbocycles. The third-order valence-electron chi connectivity index (χ3n) is 7.63. The van der Waals surface area contributed by atoms with E-state index in [0.29, 0.717) is 26.4 Å². The smallest absolute Gasteiger partial charge is 0.281 e. The second-order valence-corrected chi connectivity index (χ2v) is 11.5. The largest absolute Gasteiger partial charge is 0.497 e. The monoisotopic (exact) mass is 595 g/mol. The van der Waals surface area contributed by atoms with Gasteiger partial charge >= 0.3 is 0 Å². The highest BCUT2D eigenvalue weighted by atomic mass is 35.5. The van der Waals surface area contributed by atoms with Gasteiger partial charge in [0, 0.05) is 22.7 Å². The lowest BCUT2D eigenvalue weighted by Gasteiger charge is -2.30. The summed E-state index contributed by atoms with van der Waals surface area (Å²) in [5.74, 6) is 1.44. The number of aromatic nitrogens is 1. The van der Waals surface area contributed by atoms with Crippen molar-refractivity contribution in [3.05, 3.63) is 142 Å². The molecule has 1 aliphatic carbocycles. The molecule has 42 heavy (non-hydrogen) atoms. The maximum atomic E-state index is 14.0. The minimum Gasteiger partial charge on any atom is -0.497 e. The molecule has 1 atom stereocenters. The van der Waals surface area contributed by atoms with E-state index in [1.54, 1.807) is 42.0 Å². The molecule has 3 heterocycles. The van der Waals surface area contributed by atoms with Crippen LogP contribution < -0.4 is 19.6 Å². The fraction of sp³-hybridized carbons (Fsp3) is 0.125. The fourth-order valence-corrected chi connectivity index (χ4v) is 6.82. The molecule has 0 spiro atoms. The number of rotatable bonds is 5. The van der Waals surface area contributed by atoms with Crippen LogP contribution in [0.25, 0.3) is 23.1 Å². The summed E-state index contributed by atoms with van der Waals surface area (Å²) < 4.78 is 13.6. The normalized spacial score (nSPS) is 16.0. The molecule has 10 heteroatoms. The first-order valence-electron chi connectivity index (χ1n) is 13.2. The van der Waals surface area contributed by atoms with Gasteiger partial charge in [0.1, 0.15) is 17.3 Å². The van der Waals surface area contributed by atoms with Gasteiger partial charge in [-0.05, 0) is 65.9 Å². The molecule has 3 aromatic carbocycles. The van der Waals surface area contributed by atoms with Crippen LogP contribution in [0.1, 0.15) is 34.9 Å². The number of aryl methyl sites for hydroxylation is 1. The summed E-state index contributed by atoms with van der Waals surface area (Å²) in [6, 6.07) is 23.5. The van der Waals surface area contributed by atoms with E-state index in [2.05, 4.69) is 12.1 Å².